The Labute approximate surface area is 131 Å². The Morgan fingerprint density at radius 2 is 2.18 bits per heavy atom. The second-order valence-corrected chi connectivity index (χ2v) is 6.03. The molecule has 1 N–H and O–H groups in total. The molecule has 120 valence electrons. The molecule has 1 amide bonds. The summed E-state index contributed by atoms with van der Waals surface area (Å²) in [5.74, 6) is 0.883. The molecule has 0 spiro atoms. The highest BCUT2D eigenvalue weighted by atomic mass is 16.5. The number of amides is 1. The first kappa shape index (κ1) is 15.2. The molecular formula is C16H24N4O2. The van der Waals surface area contributed by atoms with E-state index in [-0.39, 0.29) is 5.91 Å². The van der Waals surface area contributed by atoms with E-state index in [1.54, 1.807) is 11.1 Å². The SMILES string of the molecule is CN(CCN1CCOCC1)C(=O)c1ccc(NC2CC2)nc1. The minimum atomic E-state index is 0.0266. The molecule has 1 saturated carbocycles. The van der Waals surface area contributed by atoms with Crippen LogP contribution in [0, 0.1) is 0 Å². The number of rotatable bonds is 6. The summed E-state index contributed by atoms with van der Waals surface area (Å²) in [6, 6.07) is 4.32. The topological polar surface area (TPSA) is 57.7 Å². The first-order valence-corrected chi connectivity index (χ1v) is 8.00. The van der Waals surface area contributed by atoms with Crippen molar-refractivity contribution in [2.24, 2.45) is 0 Å². The van der Waals surface area contributed by atoms with Gasteiger partial charge in [0.05, 0.1) is 18.8 Å². The van der Waals surface area contributed by atoms with E-state index in [0.29, 0.717) is 11.6 Å². The number of likely N-dealkylation sites (N-methyl/N-ethyl adjacent to an activating group) is 1. The van der Waals surface area contributed by atoms with E-state index in [2.05, 4.69) is 15.2 Å². The Balaban J connectivity index is 1.48. The van der Waals surface area contributed by atoms with Crippen LogP contribution in [0.4, 0.5) is 5.82 Å². The molecule has 2 heterocycles. The molecule has 1 aromatic rings. The number of nitrogens with zero attached hydrogens (tertiary/aromatic N) is 3. The lowest BCUT2D eigenvalue weighted by Gasteiger charge is -2.28. The minimum Gasteiger partial charge on any atom is -0.379 e. The maximum absolute atomic E-state index is 12.4. The smallest absolute Gasteiger partial charge is 0.255 e. The predicted octanol–water partition coefficient (Wildman–Crippen LogP) is 1.06. The lowest BCUT2D eigenvalue weighted by Crippen LogP contribution is -2.41. The van der Waals surface area contributed by atoms with Gasteiger partial charge in [-0.2, -0.15) is 0 Å². The van der Waals surface area contributed by atoms with Gasteiger partial charge in [0.25, 0.3) is 5.91 Å². The van der Waals surface area contributed by atoms with Gasteiger partial charge in [0.2, 0.25) is 0 Å². The van der Waals surface area contributed by atoms with Crippen molar-refractivity contribution in [3.8, 4) is 0 Å². The lowest BCUT2D eigenvalue weighted by molar-refractivity contribution is 0.0338. The number of carbonyl (C=O) groups is 1. The molecule has 0 unspecified atom stereocenters. The average Bonchev–Trinajstić information content (AvgIpc) is 3.37. The first-order chi connectivity index (χ1) is 10.7. The van der Waals surface area contributed by atoms with Gasteiger partial charge in [-0.25, -0.2) is 4.98 Å². The molecule has 1 aliphatic heterocycles. The molecule has 3 rings (SSSR count). The number of hydrogen-bond acceptors (Lipinski definition) is 5. The molecule has 0 radical (unpaired) electrons. The van der Waals surface area contributed by atoms with Crippen molar-refractivity contribution in [2.45, 2.75) is 18.9 Å². The second kappa shape index (κ2) is 7.07. The summed E-state index contributed by atoms with van der Waals surface area (Å²) in [6.07, 6.45) is 4.09. The van der Waals surface area contributed by atoms with E-state index >= 15 is 0 Å². The van der Waals surface area contributed by atoms with Crippen molar-refractivity contribution in [1.29, 1.82) is 0 Å². The Hall–Kier alpha value is -1.66. The van der Waals surface area contributed by atoms with Crippen molar-refractivity contribution in [1.82, 2.24) is 14.8 Å². The van der Waals surface area contributed by atoms with E-state index in [4.69, 9.17) is 4.74 Å². The molecule has 1 saturated heterocycles. The predicted molar refractivity (Wildman–Crippen MR) is 85.1 cm³/mol. The summed E-state index contributed by atoms with van der Waals surface area (Å²) < 4.78 is 5.33. The maximum atomic E-state index is 12.4. The normalized spacial score (nSPS) is 19.0. The van der Waals surface area contributed by atoms with Crippen molar-refractivity contribution >= 4 is 11.7 Å². The number of hydrogen-bond donors (Lipinski definition) is 1. The molecule has 6 nitrogen and oxygen atoms in total. The summed E-state index contributed by atoms with van der Waals surface area (Å²) in [6.45, 7) is 5.09. The molecule has 1 aromatic heterocycles. The fourth-order valence-corrected chi connectivity index (χ4v) is 2.48. The van der Waals surface area contributed by atoms with Crippen molar-refractivity contribution in [3.05, 3.63) is 23.9 Å². The average molecular weight is 304 g/mol. The van der Waals surface area contributed by atoms with Gasteiger partial charge in [0.15, 0.2) is 0 Å². The van der Waals surface area contributed by atoms with Gasteiger partial charge >= 0.3 is 0 Å². The van der Waals surface area contributed by atoms with Crippen LogP contribution >= 0.6 is 0 Å². The Bertz CT molecular complexity index is 495. The zero-order chi connectivity index (χ0) is 15.4. The van der Waals surface area contributed by atoms with E-state index < -0.39 is 0 Å². The number of morpholine rings is 1. The third-order valence-electron chi connectivity index (χ3n) is 4.14. The van der Waals surface area contributed by atoms with E-state index in [1.165, 1.54) is 12.8 Å². The molecule has 2 fully saturated rings. The third-order valence-corrected chi connectivity index (χ3v) is 4.14. The van der Waals surface area contributed by atoms with Gasteiger partial charge in [-0.3, -0.25) is 9.69 Å². The van der Waals surface area contributed by atoms with Crippen LogP contribution in [0.25, 0.3) is 0 Å². The third kappa shape index (κ3) is 4.18. The summed E-state index contributed by atoms with van der Waals surface area (Å²) in [4.78, 5) is 20.8. The number of pyridine rings is 1. The van der Waals surface area contributed by atoms with Crippen LogP contribution in [0.1, 0.15) is 23.2 Å². The molecule has 0 aromatic carbocycles. The Kier molecular flexibility index (Phi) is 4.90. The van der Waals surface area contributed by atoms with Crippen LogP contribution in [0.3, 0.4) is 0 Å². The van der Waals surface area contributed by atoms with Gasteiger partial charge in [0.1, 0.15) is 5.82 Å². The van der Waals surface area contributed by atoms with E-state index in [9.17, 15) is 4.79 Å². The number of carbonyl (C=O) groups excluding carboxylic acids is 1. The van der Waals surface area contributed by atoms with Gasteiger partial charge in [-0.15, -0.1) is 0 Å². The van der Waals surface area contributed by atoms with Crippen LogP contribution in [-0.2, 0) is 4.74 Å². The van der Waals surface area contributed by atoms with Crippen molar-refractivity contribution < 1.29 is 9.53 Å². The van der Waals surface area contributed by atoms with Crippen molar-refractivity contribution in [3.63, 3.8) is 0 Å². The lowest BCUT2D eigenvalue weighted by atomic mass is 10.2. The summed E-state index contributed by atoms with van der Waals surface area (Å²) in [5.41, 5.74) is 0.644. The zero-order valence-electron chi connectivity index (χ0n) is 13.1. The van der Waals surface area contributed by atoms with Crippen LogP contribution in [0.2, 0.25) is 0 Å². The second-order valence-electron chi connectivity index (χ2n) is 6.03. The van der Waals surface area contributed by atoms with Gasteiger partial charge in [0, 0.05) is 45.5 Å². The van der Waals surface area contributed by atoms with Crippen LogP contribution in [0.5, 0.6) is 0 Å². The highest BCUT2D eigenvalue weighted by Crippen LogP contribution is 2.23. The number of aromatic nitrogens is 1. The Morgan fingerprint density at radius 1 is 1.41 bits per heavy atom. The molecule has 2 aliphatic rings. The number of ether oxygens (including phenoxy) is 1. The maximum Gasteiger partial charge on any atom is 0.255 e. The van der Waals surface area contributed by atoms with Crippen molar-refractivity contribution in [2.75, 3.05) is 51.8 Å². The first-order valence-electron chi connectivity index (χ1n) is 8.00. The molecule has 22 heavy (non-hydrogen) atoms. The quantitative estimate of drug-likeness (QED) is 0.851. The standard InChI is InChI=1S/C16H24N4O2/c1-19(6-7-20-8-10-22-11-9-20)16(21)13-2-5-15(17-12-13)18-14-3-4-14/h2,5,12,14H,3-4,6-11H2,1H3,(H,17,18). The molecular weight excluding hydrogens is 280 g/mol. The highest BCUT2D eigenvalue weighted by molar-refractivity contribution is 5.93. The minimum absolute atomic E-state index is 0.0266. The number of nitrogens with one attached hydrogen (secondary N) is 1. The van der Waals surface area contributed by atoms with Gasteiger partial charge in [-0.1, -0.05) is 0 Å². The molecule has 0 atom stereocenters. The van der Waals surface area contributed by atoms with E-state index in [0.717, 1.165) is 45.2 Å². The summed E-state index contributed by atoms with van der Waals surface area (Å²) >= 11 is 0. The summed E-state index contributed by atoms with van der Waals surface area (Å²) in [5, 5.41) is 3.32. The summed E-state index contributed by atoms with van der Waals surface area (Å²) in [7, 11) is 1.85. The largest absolute Gasteiger partial charge is 0.379 e. The van der Waals surface area contributed by atoms with Crippen LogP contribution < -0.4 is 5.32 Å². The Morgan fingerprint density at radius 3 is 2.82 bits per heavy atom. The molecule has 6 heteroatoms. The fourth-order valence-electron chi connectivity index (χ4n) is 2.48. The van der Waals surface area contributed by atoms with Gasteiger partial charge in [-0.05, 0) is 25.0 Å². The fraction of sp³-hybridized carbons (Fsp3) is 0.625. The van der Waals surface area contributed by atoms with Crippen LogP contribution in [-0.4, -0.2) is 73.2 Å². The van der Waals surface area contributed by atoms with Crippen LogP contribution in [0.15, 0.2) is 18.3 Å². The highest BCUT2D eigenvalue weighted by Gasteiger charge is 2.21. The molecule has 0 bridgehead atoms. The van der Waals surface area contributed by atoms with E-state index in [1.807, 2.05) is 19.2 Å². The molecule has 1 aliphatic carbocycles. The zero-order valence-corrected chi connectivity index (χ0v) is 13.1. The number of anilines is 1. The monoisotopic (exact) mass is 304 g/mol. The van der Waals surface area contributed by atoms with Gasteiger partial charge < -0.3 is 15.0 Å².